The molecule has 8 nitrogen and oxygen atoms in total. The standard InChI is InChI=1S/C22H28F2N4O4/c23-20(24)15-10-14(6-7-16(15)28-8-9-32-11-17(28)29)26-22(31)19(21(25)30)27-18(13-4-5-13)12-2-1-3-12/h6-7,10,12-13,18-20,27H,1-5,8-9,11H2,(H2,25,30)(H,26,31)/t18?,19-/m0/s1. The van der Waals surface area contributed by atoms with Gasteiger partial charge >= 0.3 is 0 Å². The number of carbonyl (C=O) groups is 3. The van der Waals surface area contributed by atoms with Crippen molar-refractivity contribution in [3.63, 3.8) is 0 Å². The molecule has 1 unspecified atom stereocenters. The number of amides is 3. The van der Waals surface area contributed by atoms with Gasteiger partial charge in [-0.25, -0.2) is 8.78 Å². The van der Waals surface area contributed by atoms with Gasteiger partial charge in [-0.3, -0.25) is 19.7 Å². The zero-order valence-electron chi connectivity index (χ0n) is 17.7. The summed E-state index contributed by atoms with van der Waals surface area (Å²) in [5.74, 6) is -1.04. The highest BCUT2D eigenvalue weighted by molar-refractivity contribution is 6.09. The normalized spacial score (nSPS) is 21.2. The van der Waals surface area contributed by atoms with Crippen LogP contribution < -0.4 is 21.3 Å². The average Bonchev–Trinajstić information content (AvgIpc) is 3.55. The molecule has 174 valence electrons. The molecule has 0 aromatic heterocycles. The molecule has 2 aliphatic carbocycles. The minimum Gasteiger partial charge on any atom is -0.370 e. The monoisotopic (exact) mass is 450 g/mol. The number of halogens is 2. The number of morpholine rings is 1. The highest BCUT2D eigenvalue weighted by atomic mass is 19.3. The lowest BCUT2D eigenvalue weighted by atomic mass is 9.77. The van der Waals surface area contributed by atoms with Crippen LogP contribution in [0.1, 0.15) is 44.1 Å². The van der Waals surface area contributed by atoms with Crippen LogP contribution in [0.4, 0.5) is 20.2 Å². The number of rotatable bonds is 9. The number of alkyl halides is 2. The van der Waals surface area contributed by atoms with Gasteiger partial charge in [0.15, 0.2) is 6.04 Å². The van der Waals surface area contributed by atoms with Crippen LogP contribution in [0, 0.1) is 11.8 Å². The van der Waals surface area contributed by atoms with Gasteiger partial charge in [-0.2, -0.15) is 0 Å². The third-order valence-electron chi connectivity index (χ3n) is 6.50. The first-order valence-electron chi connectivity index (χ1n) is 11.0. The molecule has 3 aliphatic rings. The van der Waals surface area contributed by atoms with Crippen molar-refractivity contribution in [2.24, 2.45) is 17.6 Å². The number of primary amides is 1. The Hall–Kier alpha value is -2.59. The number of nitrogens with zero attached hydrogens (tertiary/aromatic N) is 1. The quantitative estimate of drug-likeness (QED) is 0.498. The molecule has 4 rings (SSSR count). The fraction of sp³-hybridized carbons (Fsp3) is 0.591. The average molecular weight is 450 g/mol. The van der Waals surface area contributed by atoms with Gasteiger partial charge in [0, 0.05) is 23.8 Å². The number of hydrogen-bond acceptors (Lipinski definition) is 5. The second-order valence-corrected chi connectivity index (χ2v) is 8.72. The number of carbonyl (C=O) groups excluding carboxylic acids is 3. The van der Waals surface area contributed by atoms with Crippen molar-refractivity contribution in [1.29, 1.82) is 0 Å². The number of benzene rings is 1. The van der Waals surface area contributed by atoms with Crippen molar-refractivity contribution in [3.05, 3.63) is 23.8 Å². The number of hydrogen-bond donors (Lipinski definition) is 3. The molecule has 1 aromatic carbocycles. The van der Waals surface area contributed by atoms with Crippen molar-refractivity contribution < 1.29 is 27.9 Å². The molecule has 4 N–H and O–H groups in total. The Morgan fingerprint density at radius 2 is 1.88 bits per heavy atom. The van der Waals surface area contributed by atoms with E-state index in [1.165, 1.54) is 17.0 Å². The number of ether oxygens (including phenoxy) is 1. The minimum atomic E-state index is -2.86. The van der Waals surface area contributed by atoms with Crippen molar-refractivity contribution >= 4 is 29.1 Å². The van der Waals surface area contributed by atoms with E-state index >= 15 is 0 Å². The van der Waals surface area contributed by atoms with E-state index in [2.05, 4.69) is 10.6 Å². The lowest BCUT2D eigenvalue weighted by Crippen LogP contribution is -2.56. The van der Waals surface area contributed by atoms with Crippen molar-refractivity contribution in [3.8, 4) is 0 Å². The predicted octanol–water partition coefficient (Wildman–Crippen LogP) is 1.95. The molecule has 0 radical (unpaired) electrons. The number of nitrogens with one attached hydrogen (secondary N) is 2. The Morgan fingerprint density at radius 1 is 1.16 bits per heavy atom. The van der Waals surface area contributed by atoms with E-state index in [9.17, 15) is 23.2 Å². The molecule has 3 amide bonds. The molecule has 1 heterocycles. The molecule has 10 heteroatoms. The SMILES string of the molecule is NC(=O)[C@H](NC(C1CCC1)C1CC1)C(=O)Nc1ccc(N2CCOCC2=O)c(C(F)F)c1. The lowest BCUT2D eigenvalue weighted by molar-refractivity contribution is -0.128. The van der Waals surface area contributed by atoms with Crippen molar-refractivity contribution in [2.45, 2.75) is 50.6 Å². The Kier molecular flexibility index (Phi) is 6.71. The first kappa shape index (κ1) is 22.6. The third-order valence-corrected chi connectivity index (χ3v) is 6.50. The fourth-order valence-corrected chi connectivity index (χ4v) is 4.43. The fourth-order valence-electron chi connectivity index (χ4n) is 4.43. The van der Waals surface area contributed by atoms with E-state index in [0.29, 0.717) is 11.8 Å². The predicted molar refractivity (Wildman–Crippen MR) is 113 cm³/mol. The van der Waals surface area contributed by atoms with E-state index in [1.54, 1.807) is 0 Å². The molecule has 0 bridgehead atoms. The Bertz CT molecular complexity index is 889. The maximum Gasteiger partial charge on any atom is 0.265 e. The summed E-state index contributed by atoms with van der Waals surface area (Å²) in [7, 11) is 0. The summed E-state index contributed by atoms with van der Waals surface area (Å²) < 4.78 is 32.5. The van der Waals surface area contributed by atoms with Crippen LogP contribution in [0.25, 0.3) is 0 Å². The van der Waals surface area contributed by atoms with Crippen LogP contribution in [0.2, 0.25) is 0 Å². The molecular weight excluding hydrogens is 422 g/mol. The van der Waals surface area contributed by atoms with E-state index in [1.807, 2.05) is 0 Å². The van der Waals surface area contributed by atoms with Gasteiger partial charge in [0.05, 0.1) is 12.3 Å². The molecule has 1 aliphatic heterocycles. The van der Waals surface area contributed by atoms with Crippen molar-refractivity contribution in [2.75, 3.05) is 30.0 Å². The van der Waals surface area contributed by atoms with Gasteiger partial charge in [-0.15, -0.1) is 0 Å². The molecule has 2 atom stereocenters. The molecule has 1 saturated heterocycles. The first-order valence-corrected chi connectivity index (χ1v) is 11.0. The summed E-state index contributed by atoms with van der Waals surface area (Å²) in [5, 5.41) is 5.68. The van der Waals surface area contributed by atoms with Crippen LogP contribution in [0.15, 0.2) is 18.2 Å². The molecule has 1 aromatic rings. The lowest BCUT2D eigenvalue weighted by Gasteiger charge is -2.36. The topological polar surface area (TPSA) is 114 Å². The molecule has 3 fully saturated rings. The van der Waals surface area contributed by atoms with Gasteiger partial charge < -0.3 is 20.7 Å². The van der Waals surface area contributed by atoms with E-state index in [4.69, 9.17) is 10.5 Å². The largest absolute Gasteiger partial charge is 0.370 e. The summed E-state index contributed by atoms with van der Waals surface area (Å²) in [6, 6.07) is 2.73. The van der Waals surface area contributed by atoms with E-state index in [0.717, 1.165) is 38.2 Å². The van der Waals surface area contributed by atoms with Gasteiger partial charge in [-0.05, 0) is 55.7 Å². The van der Waals surface area contributed by atoms with Crippen LogP contribution in [-0.2, 0) is 19.1 Å². The summed E-state index contributed by atoms with van der Waals surface area (Å²) in [6.45, 7) is 0.250. The zero-order valence-corrected chi connectivity index (χ0v) is 17.7. The van der Waals surface area contributed by atoms with E-state index in [-0.39, 0.29) is 42.7 Å². The molecule has 32 heavy (non-hydrogen) atoms. The minimum absolute atomic E-state index is 0.0540. The summed E-state index contributed by atoms with van der Waals surface area (Å²) in [4.78, 5) is 38.2. The summed E-state index contributed by atoms with van der Waals surface area (Å²) in [6.07, 6.45) is 2.50. The Labute approximate surface area is 184 Å². The van der Waals surface area contributed by atoms with Crippen LogP contribution in [0.3, 0.4) is 0 Å². The second kappa shape index (κ2) is 9.50. The molecule has 0 spiro atoms. The zero-order chi connectivity index (χ0) is 22.8. The van der Waals surface area contributed by atoms with Crippen LogP contribution in [-0.4, -0.2) is 49.6 Å². The van der Waals surface area contributed by atoms with Gasteiger partial charge in [0.1, 0.15) is 6.61 Å². The number of anilines is 2. The first-order chi connectivity index (χ1) is 15.3. The van der Waals surface area contributed by atoms with E-state index < -0.39 is 30.2 Å². The van der Waals surface area contributed by atoms with Crippen molar-refractivity contribution in [1.82, 2.24) is 5.32 Å². The van der Waals surface area contributed by atoms with Gasteiger partial charge in [0.25, 0.3) is 18.2 Å². The van der Waals surface area contributed by atoms with Gasteiger partial charge in [-0.1, -0.05) is 6.42 Å². The smallest absolute Gasteiger partial charge is 0.265 e. The molecule has 2 saturated carbocycles. The highest BCUT2D eigenvalue weighted by Crippen LogP contribution is 2.42. The maximum absolute atomic E-state index is 13.7. The Morgan fingerprint density at radius 3 is 2.44 bits per heavy atom. The second-order valence-electron chi connectivity index (χ2n) is 8.72. The maximum atomic E-state index is 13.7. The van der Waals surface area contributed by atoms with Crippen LogP contribution in [0.5, 0.6) is 0 Å². The number of nitrogens with two attached hydrogens (primary N) is 1. The summed E-state index contributed by atoms with van der Waals surface area (Å²) in [5.41, 5.74) is 5.30. The van der Waals surface area contributed by atoms with Crippen LogP contribution >= 0.6 is 0 Å². The van der Waals surface area contributed by atoms with Gasteiger partial charge in [0.2, 0.25) is 5.91 Å². The Balaban J connectivity index is 1.50. The third kappa shape index (κ3) is 4.91. The highest BCUT2D eigenvalue weighted by Gasteiger charge is 2.41. The molecular formula is C22H28F2N4O4. The summed E-state index contributed by atoms with van der Waals surface area (Å²) >= 11 is 0.